The van der Waals surface area contributed by atoms with Crippen molar-refractivity contribution in [2.24, 2.45) is 5.92 Å². The molecule has 0 aliphatic carbocycles. The van der Waals surface area contributed by atoms with Crippen LogP contribution in [0.4, 0.5) is 5.69 Å². The number of nitrogens with one attached hydrogen (secondary N) is 2. The van der Waals surface area contributed by atoms with Crippen LogP contribution in [0, 0.1) is 5.92 Å². The quantitative estimate of drug-likeness (QED) is 0.641. The first kappa shape index (κ1) is 22.5. The molecule has 0 aromatic heterocycles. The van der Waals surface area contributed by atoms with Crippen LogP contribution in [0.1, 0.15) is 31.7 Å². The lowest BCUT2D eigenvalue weighted by Crippen LogP contribution is -2.39. The van der Waals surface area contributed by atoms with Gasteiger partial charge in [0.25, 0.3) is 0 Å². The van der Waals surface area contributed by atoms with E-state index in [-0.39, 0.29) is 10.8 Å². The molecule has 2 aromatic rings. The highest BCUT2D eigenvalue weighted by atomic mass is 32.2. The van der Waals surface area contributed by atoms with Gasteiger partial charge in [0.15, 0.2) is 0 Å². The van der Waals surface area contributed by atoms with Gasteiger partial charge in [-0.1, -0.05) is 37.3 Å². The Hall–Kier alpha value is -2.22. The van der Waals surface area contributed by atoms with Gasteiger partial charge in [-0.3, -0.25) is 4.79 Å². The maximum atomic E-state index is 12.6. The molecule has 0 spiro atoms. The van der Waals surface area contributed by atoms with Gasteiger partial charge in [-0.2, -0.15) is 0 Å². The maximum absolute atomic E-state index is 12.6. The van der Waals surface area contributed by atoms with Crippen molar-refractivity contribution in [3.63, 3.8) is 0 Å². The second kappa shape index (κ2) is 10.7. The largest absolute Gasteiger partial charge is 0.326 e. The minimum Gasteiger partial charge on any atom is -0.326 e. The van der Waals surface area contributed by atoms with Crippen LogP contribution in [-0.4, -0.2) is 45.4 Å². The molecule has 1 fully saturated rings. The van der Waals surface area contributed by atoms with E-state index in [4.69, 9.17) is 0 Å². The monoisotopic (exact) mass is 429 g/mol. The highest BCUT2D eigenvalue weighted by molar-refractivity contribution is 7.89. The third-order valence-corrected chi connectivity index (χ3v) is 7.04. The molecule has 1 aliphatic heterocycles. The average molecular weight is 430 g/mol. The van der Waals surface area contributed by atoms with Crippen LogP contribution in [0.3, 0.4) is 0 Å². The van der Waals surface area contributed by atoms with Crippen molar-refractivity contribution < 1.29 is 13.2 Å². The molecule has 7 heteroatoms. The fourth-order valence-corrected chi connectivity index (χ4v) is 4.74. The number of nitrogens with zero attached hydrogens (tertiary/aromatic N) is 1. The summed E-state index contributed by atoms with van der Waals surface area (Å²) in [6.07, 6.45) is 3.43. The minimum absolute atomic E-state index is 0.0983. The zero-order chi connectivity index (χ0) is 21.4. The molecule has 2 N–H and O–H groups in total. The molecule has 3 rings (SSSR count). The highest BCUT2D eigenvalue weighted by Crippen LogP contribution is 2.19. The van der Waals surface area contributed by atoms with Crippen molar-refractivity contribution in [2.75, 3.05) is 31.5 Å². The smallest absolute Gasteiger partial charge is 0.240 e. The molecule has 0 bridgehead atoms. The van der Waals surface area contributed by atoms with E-state index in [9.17, 15) is 13.2 Å². The first-order valence-electron chi connectivity index (χ1n) is 10.6. The molecule has 1 saturated heterocycles. The predicted molar refractivity (Wildman–Crippen MR) is 120 cm³/mol. The number of hydrogen-bond donors (Lipinski definition) is 2. The van der Waals surface area contributed by atoms with Gasteiger partial charge in [0.2, 0.25) is 15.9 Å². The predicted octanol–water partition coefficient (Wildman–Crippen LogP) is 3.27. The molecule has 30 heavy (non-hydrogen) atoms. The number of likely N-dealkylation sites (tertiary alicyclic amines) is 1. The van der Waals surface area contributed by atoms with E-state index in [0.29, 0.717) is 24.6 Å². The first-order valence-corrected chi connectivity index (χ1v) is 12.1. The number of amides is 1. The summed E-state index contributed by atoms with van der Waals surface area (Å²) in [5.41, 5.74) is 1.95. The van der Waals surface area contributed by atoms with E-state index in [0.717, 1.165) is 38.9 Å². The molecule has 0 saturated carbocycles. The van der Waals surface area contributed by atoms with E-state index < -0.39 is 10.0 Å². The van der Waals surface area contributed by atoms with Gasteiger partial charge >= 0.3 is 0 Å². The normalized spacial score (nSPS) is 15.8. The highest BCUT2D eigenvalue weighted by Gasteiger charge is 2.22. The standard InChI is InChI=1S/C23H31N3O3S/c1-2-23(27)25-21-8-10-22(11-9-21)30(28,29)24-18-20-13-16-26(17-14-20)15-12-19-6-4-3-5-7-19/h3-11,20,24H,2,12-18H2,1H3,(H,25,27). The summed E-state index contributed by atoms with van der Waals surface area (Å²) >= 11 is 0. The summed E-state index contributed by atoms with van der Waals surface area (Å²) in [4.78, 5) is 14.1. The lowest BCUT2D eigenvalue weighted by Gasteiger charge is -2.32. The molecule has 0 atom stereocenters. The van der Waals surface area contributed by atoms with E-state index in [2.05, 4.69) is 39.2 Å². The van der Waals surface area contributed by atoms with Crippen molar-refractivity contribution in [3.8, 4) is 0 Å². The SMILES string of the molecule is CCC(=O)Nc1ccc(S(=O)(=O)NCC2CCN(CCc3ccccc3)CC2)cc1. The zero-order valence-corrected chi connectivity index (χ0v) is 18.3. The Kier molecular flexibility index (Phi) is 8.01. The van der Waals surface area contributed by atoms with Crippen LogP contribution in [-0.2, 0) is 21.2 Å². The summed E-state index contributed by atoms with van der Waals surface area (Å²) in [6.45, 7) is 5.29. The van der Waals surface area contributed by atoms with Crippen LogP contribution in [0.5, 0.6) is 0 Å². The molecule has 1 heterocycles. The van der Waals surface area contributed by atoms with Gasteiger partial charge in [-0.15, -0.1) is 0 Å². The number of benzene rings is 2. The molecule has 162 valence electrons. The Balaban J connectivity index is 1.42. The topological polar surface area (TPSA) is 78.5 Å². The summed E-state index contributed by atoms with van der Waals surface area (Å²) in [5.74, 6) is 0.259. The number of rotatable bonds is 9. The second-order valence-corrected chi connectivity index (χ2v) is 9.57. The third-order valence-electron chi connectivity index (χ3n) is 5.60. The van der Waals surface area contributed by atoms with E-state index in [1.165, 1.54) is 17.7 Å². The van der Waals surface area contributed by atoms with E-state index in [1.54, 1.807) is 19.1 Å². The number of carbonyl (C=O) groups is 1. The van der Waals surface area contributed by atoms with Gasteiger partial charge in [-0.25, -0.2) is 13.1 Å². The lowest BCUT2D eigenvalue weighted by molar-refractivity contribution is -0.115. The van der Waals surface area contributed by atoms with Crippen molar-refractivity contribution in [3.05, 3.63) is 60.2 Å². The first-order chi connectivity index (χ1) is 14.5. The molecular weight excluding hydrogens is 398 g/mol. The van der Waals surface area contributed by atoms with Crippen molar-refractivity contribution in [1.29, 1.82) is 0 Å². The fourth-order valence-electron chi connectivity index (χ4n) is 3.62. The third kappa shape index (κ3) is 6.65. The molecular formula is C23H31N3O3S. The van der Waals surface area contributed by atoms with Crippen LogP contribution < -0.4 is 10.0 Å². The minimum atomic E-state index is -3.55. The van der Waals surface area contributed by atoms with Crippen LogP contribution in [0.15, 0.2) is 59.5 Å². The summed E-state index contributed by atoms with van der Waals surface area (Å²) in [5, 5.41) is 2.72. The van der Waals surface area contributed by atoms with Gasteiger partial charge < -0.3 is 10.2 Å². The molecule has 1 amide bonds. The van der Waals surface area contributed by atoms with Crippen LogP contribution in [0.25, 0.3) is 0 Å². The van der Waals surface area contributed by atoms with E-state index >= 15 is 0 Å². The molecule has 0 unspecified atom stereocenters. The average Bonchev–Trinajstić information content (AvgIpc) is 2.78. The van der Waals surface area contributed by atoms with Crippen LogP contribution in [0.2, 0.25) is 0 Å². The van der Waals surface area contributed by atoms with Gasteiger partial charge in [0, 0.05) is 25.2 Å². The van der Waals surface area contributed by atoms with Crippen molar-refractivity contribution >= 4 is 21.6 Å². The maximum Gasteiger partial charge on any atom is 0.240 e. The van der Waals surface area contributed by atoms with Crippen LogP contribution >= 0.6 is 0 Å². The molecule has 0 radical (unpaired) electrons. The fraction of sp³-hybridized carbons (Fsp3) is 0.435. The molecule has 2 aromatic carbocycles. The van der Waals surface area contributed by atoms with E-state index in [1.807, 2.05) is 6.07 Å². The molecule has 1 aliphatic rings. The Morgan fingerprint density at radius 2 is 1.70 bits per heavy atom. The lowest BCUT2D eigenvalue weighted by atomic mass is 9.97. The number of anilines is 1. The Labute approximate surface area is 179 Å². The zero-order valence-electron chi connectivity index (χ0n) is 17.5. The van der Waals surface area contributed by atoms with Crippen molar-refractivity contribution in [1.82, 2.24) is 9.62 Å². The molecule has 6 nitrogen and oxygen atoms in total. The number of carbonyl (C=O) groups excluding carboxylic acids is 1. The van der Waals surface area contributed by atoms with Crippen molar-refractivity contribution in [2.45, 2.75) is 37.5 Å². The number of sulfonamides is 1. The number of piperidine rings is 1. The Morgan fingerprint density at radius 3 is 2.33 bits per heavy atom. The number of hydrogen-bond acceptors (Lipinski definition) is 4. The second-order valence-electron chi connectivity index (χ2n) is 7.80. The van der Waals surface area contributed by atoms with Gasteiger partial charge in [0.1, 0.15) is 0 Å². The van der Waals surface area contributed by atoms with Gasteiger partial charge in [0.05, 0.1) is 4.90 Å². The Morgan fingerprint density at radius 1 is 1.03 bits per heavy atom. The Bertz CT molecular complexity index is 906. The summed E-state index contributed by atoms with van der Waals surface area (Å²) in [7, 11) is -3.55. The summed E-state index contributed by atoms with van der Waals surface area (Å²) in [6, 6.07) is 16.8. The van der Waals surface area contributed by atoms with Gasteiger partial charge in [-0.05, 0) is 68.1 Å². The summed E-state index contributed by atoms with van der Waals surface area (Å²) < 4.78 is 27.9.